The zero-order valence-electron chi connectivity index (χ0n) is 9.25. The number of pyridine rings is 2. The highest BCUT2D eigenvalue weighted by atomic mass is 32.1. The summed E-state index contributed by atoms with van der Waals surface area (Å²) in [7, 11) is 0. The fourth-order valence-electron chi connectivity index (χ4n) is 2.03. The van der Waals surface area contributed by atoms with Gasteiger partial charge in [-0.15, -0.1) is 22.7 Å². The van der Waals surface area contributed by atoms with Crippen LogP contribution in [0.2, 0.25) is 0 Å². The molecule has 0 aliphatic carbocycles. The number of rotatable bonds is 1. The van der Waals surface area contributed by atoms with E-state index >= 15 is 0 Å². The van der Waals surface area contributed by atoms with Crippen molar-refractivity contribution >= 4 is 43.1 Å². The van der Waals surface area contributed by atoms with Gasteiger partial charge in [0.25, 0.3) is 0 Å². The van der Waals surface area contributed by atoms with Gasteiger partial charge in [-0.25, -0.2) is 4.98 Å². The molecule has 4 rings (SSSR count). The van der Waals surface area contributed by atoms with Gasteiger partial charge < -0.3 is 0 Å². The van der Waals surface area contributed by atoms with Crippen LogP contribution < -0.4 is 0 Å². The average molecular weight is 267 g/mol. The molecule has 0 bridgehead atoms. The maximum absolute atomic E-state index is 4.47. The van der Waals surface area contributed by atoms with Gasteiger partial charge in [0, 0.05) is 29.4 Å². The standard InChI is InChI=1S/C14H7N2S2/c1-4-15-14-11(2-5-18-14)10(1)9-7-13-12(16-8-9)3-6-17-13/h1-6,8H. The van der Waals surface area contributed by atoms with Crippen LogP contribution in [0, 0.1) is 6.07 Å². The monoisotopic (exact) mass is 267 g/mol. The molecule has 1 radical (unpaired) electrons. The fourth-order valence-corrected chi connectivity index (χ4v) is 3.54. The van der Waals surface area contributed by atoms with Gasteiger partial charge in [0.2, 0.25) is 0 Å². The summed E-state index contributed by atoms with van der Waals surface area (Å²) in [6, 6.07) is 9.59. The highest BCUT2D eigenvalue weighted by Crippen LogP contribution is 2.31. The van der Waals surface area contributed by atoms with E-state index in [0.29, 0.717) is 0 Å². The molecule has 0 saturated heterocycles. The van der Waals surface area contributed by atoms with Gasteiger partial charge >= 0.3 is 0 Å². The largest absolute Gasteiger partial charge is 0.255 e. The highest BCUT2D eigenvalue weighted by molar-refractivity contribution is 7.17. The second-order valence-electron chi connectivity index (χ2n) is 3.93. The van der Waals surface area contributed by atoms with Crippen LogP contribution in [0.3, 0.4) is 0 Å². The first-order valence-corrected chi connectivity index (χ1v) is 7.26. The number of fused-ring (bicyclic) bond motifs is 2. The molecule has 0 aliphatic rings. The Morgan fingerprint density at radius 2 is 1.94 bits per heavy atom. The lowest BCUT2D eigenvalue weighted by molar-refractivity contribution is 1.41. The van der Waals surface area contributed by atoms with Gasteiger partial charge in [0.05, 0.1) is 10.2 Å². The van der Waals surface area contributed by atoms with Crippen molar-refractivity contribution in [2.24, 2.45) is 0 Å². The van der Waals surface area contributed by atoms with Crippen molar-refractivity contribution in [1.29, 1.82) is 0 Å². The molecule has 85 valence electrons. The molecule has 0 unspecified atom stereocenters. The molecular weight excluding hydrogens is 260 g/mol. The summed E-state index contributed by atoms with van der Waals surface area (Å²) in [5.74, 6) is 0. The molecule has 0 fully saturated rings. The average Bonchev–Trinajstić information content (AvgIpc) is 3.05. The lowest BCUT2D eigenvalue weighted by Gasteiger charge is -2.02. The number of aromatic nitrogens is 2. The molecule has 0 spiro atoms. The molecule has 0 aliphatic heterocycles. The van der Waals surface area contributed by atoms with E-state index in [4.69, 9.17) is 0 Å². The predicted molar refractivity (Wildman–Crippen MR) is 77.1 cm³/mol. The van der Waals surface area contributed by atoms with Crippen molar-refractivity contribution in [1.82, 2.24) is 9.97 Å². The second-order valence-corrected chi connectivity index (χ2v) is 5.74. The van der Waals surface area contributed by atoms with Crippen molar-refractivity contribution in [2.75, 3.05) is 0 Å². The third-order valence-electron chi connectivity index (χ3n) is 2.88. The minimum absolute atomic E-state index is 1.01. The molecule has 4 heterocycles. The Bertz CT molecular complexity index is 845. The van der Waals surface area contributed by atoms with Crippen molar-refractivity contribution in [3.8, 4) is 11.1 Å². The zero-order valence-corrected chi connectivity index (χ0v) is 10.9. The SMILES string of the molecule is [c]1c(-c2ccnc3sccc23)cnc2ccsc12. The number of thiophene rings is 2. The van der Waals surface area contributed by atoms with Crippen LogP contribution in [-0.2, 0) is 0 Å². The normalized spacial score (nSPS) is 11.3. The van der Waals surface area contributed by atoms with Crippen molar-refractivity contribution < 1.29 is 0 Å². The van der Waals surface area contributed by atoms with E-state index in [1.165, 1.54) is 5.39 Å². The summed E-state index contributed by atoms with van der Waals surface area (Å²) in [6.07, 6.45) is 3.74. The molecule has 0 amide bonds. The van der Waals surface area contributed by atoms with Crippen LogP contribution in [-0.4, -0.2) is 9.97 Å². The van der Waals surface area contributed by atoms with Gasteiger partial charge in [0.15, 0.2) is 0 Å². The fraction of sp³-hybridized carbons (Fsp3) is 0. The van der Waals surface area contributed by atoms with E-state index in [2.05, 4.69) is 27.5 Å². The lowest BCUT2D eigenvalue weighted by atomic mass is 10.1. The van der Waals surface area contributed by atoms with Gasteiger partial charge in [-0.2, -0.15) is 0 Å². The van der Waals surface area contributed by atoms with Crippen LogP contribution in [0.15, 0.2) is 41.4 Å². The molecule has 4 aromatic rings. The first-order chi connectivity index (χ1) is 8.92. The van der Waals surface area contributed by atoms with Gasteiger partial charge in [0.1, 0.15) is 4.83 Å². The number of nitrogens with zero attached hydrogens (tertiary/aromatic N) is 2. The molecule has 18 heavy (non-hydrogen) atoms. The van der Waals surface area contributed by atoms with E-state index in [-0.39, 0.29) is 0 Å². The summed E-state index contributed by atoms with van der Waals surface area (Å²) in [6.45, 7) is 0. The Balaban J connectivity index is 2.03. The van der Waals surface area contributed by atoms with E-state index < -0.39 is 0 Å². The molecule has 0 N–H and O–H groups in total. The molecule has 0 atom stereocenters. The molecule has 4 heteroatoms. The Morgan fingerprint density at radius 1 is 1.00 bits per heavy atom. The third kappa shape index (κ3) is 1.46. The van der Waals surface area contributed by atoms with Crippen LogP contribution in [0.5, 0.6) is 0 Å². The van der Waals surface area contributed by atoms with Gasteiger partial charge in [-0.05, 0) is 34.5 Å². The summed E-state index contributed by atoms with van der Waals surface area (Å²) < 4.78 is 1.10. The molecule has 0 saturated carbocycles. The summed E-state index contributed by atoms with van der Waals surface area (Å²) in [5.41, 5.74) is 3.21. The number of hydrogen-bond acceptors (Lipinski definition) is 4. The molecule has 4 aromatic heterocycles. The van der Waals surface area contributed by atoms with Crippen LogP contribution in [0.4, 0.5) is 0 Å². The quantitative estimate of drug-likeness (QED) is 0.511. The predicted octanol–water partition coefficient (Wildman–Crippen LogP) is 4.37. The Labute approximate surface area is 112 Å². The van der Waals surface area contributed by atoms with E-state index in [9.17, 15) is 0 Å². The van der Waals surface area contributed by atoms with Crippen LogP contribution in [0.1, 0.15) is 0 Å². The third-order valence-corrected chi connectivity index (χ3v) is 4.52. The van der Waals surface area contributed by atoms with Crippen LogP contribution in [0.25, 0.3) is 31.6 Å². The second kappa shape index (κ2) is 3.86. The van der Waals surface area contributed by atoms with E-state index in [1.54, 1.807) is 22.7 Å². The molecule has 0 aromatic carbocycles. The maximum Gasteiger partial charge on any atom is 0.123 e. The minimum Gasteiger partial charge on any atom is -0.255 e. The van der Waals surface area contributed by atoms with Crippen molar-refractivity contribution in [2.45, 2.75) is 0 Å². The van der Waals surface area contributed by atoms with Gasteiger partial charge in [-0.3, -0.25) is 4.98 Å². The van der Waals surface area contributed by atoms with Crippen molar-refractivity contribution in [3.63, 3.8) is 0 Å². The van der Waals surface area contributed by atoms with Gasteiger partial charge in [-0.1, -0.05) is 0 Å². The summed E-state index contributed by atoms with van der Waals surface area (Å²) in [4.78, 5) is 9.90. The molecule has 2 nitrogen and oxygen atoms in total. The first-order valence-electron chi connectivity index (χ1n) is 5.50. The highest BCUT2D eigenvalue weighted by Gasteiger charge is 2.07. The van der Waals surface area contributed by atoms with Crippen LogP contribution >= 0.6 is 22.7 Å². The minimum atomic E-state index is 1.01. The Morgan fingerprint density at radius 3 is 2.94 bits per heavy atom. The molecular formula is C14H7N2S2. The topological polar surface area (TPSA) is 25.8 Å². The first kappa shape index (κ1) is 10.2. The summed E-state index contributed by atoms with van der Waals surface area (Å²) >= 11 is 3.33. The van der Waals surface area contributed by atoms with E-state index in [0.717, 1.165) is 26.2 Å². The Hall–Kier alpha value is -1.78. The van der Waals surface area contributed by atoms with E-state index in [1.807, 2.05) is 29.9 Å². The zero-order chi connectivity index (χ0) is 11.9. The number of hydrogen-bond donors (Lipinski definition) is 0. The lowest BCUT2D eigenvalue weighted by Crippen LogP contribution is -1.82. The Kier molecular flexibility index (Phi) is 2.18. The smallest absolute Gasteiger partial charge is 0.123 e. The maximum atomic E-state index is 4.47. The van der Waals surface area contributed by atoms with Crippen molar-refractivity contribution in [3.05, 3.63) is 47.4 Å². The summed E-state index contributed by atoms with van der Waals surface area (Å²) in [5, 5.41) is 5.29.